The Morgan fingerprint density at radius 3 is 0.726 bits per heavy atom. The van der Waals surface area contributed by atoms with Crippen LogP contribution in [0.2, 0.25) is 9.45 Å². The summed E-state index contributed by atoms with van der Waals surface area (Å²) < 4.78 is 29.2. The van der Waals surface area contributed by atoms with Crippen molar-refractivity contribution in [3.63, 3.8) is 0 Å². The van der Waals surface area contributed by atoms with E-state index in [0.29, 0.717) is 16.1 Å². The molecule has 0 spiro atoms. The summed E-state index contributed by atoms with van der Waals surface area (Å²) in [4.78, 5) is 5.80. The fraction of sp³-hybridized carbons (Fsp3) is 1.00. The summed E-state index contributed by atoms with van der Waals surface area (Å²) in [6, 6.07) is 0. The Hall–Kier alpha value is 0.394. The Kier molecular flexibility index (Phi) is 45.5. The molecule has 0 bridgehead atoms. The molecule has 0 atom stereocenters. The van der Waals surface area contributed by atoms with E-state index in [9.17, 15) is 0 Å². The molecular formula is C57H118O4Ti. The van der Waals surface area contributed by atoms with E-state index in [2.05, 4.69) is 41.5 Å². The average molecular weight is 915 g/mol. The zero-order valence-corrected chi connectivity index (χ0v) is 45.8. The third-order valence-electron chi connectivity index (χ3n) is 13.7. The summed E-state index contributed by atoms with van der Waals surface area (Å²) in [5, 5.41) is 0. The van der Waals surface area contributed by atoms with E-state index < -0.39 is 16.1 Å². The summed E-state index contributed by atoms with van der Waals surface area (Å²) in [5.74, 6) is 2.57. The van der Waals surface area contributed by atoms with Crippen LogP contribution in [0, 0.1) is 17.8 Å². The zero-order valence-electron chi connectivity index (χ0n) is 44.3. The molecule has 0 aromatic rings. The standard InChI is InChI=1S/C18H37O.2C18H37.C3H8O2.O.Ti/c1-18(2)16-14-12-10-8-6-4-3-5-7-9-11-13-15-17-19;2*1-4-5-6-7-8-9-10-11-12-13-14-15-16-17-18(2)3;1-3(2)5-4;;/h18H,3-17H2,1-2H3;2*18H,1,4-17H2,2-3H3;3-4H,1-2H3;;/q-1;;;;;+2/p-1. The molecule has 0 rings (SSSR count). The van der Waals surface area contributed by atoms with Gasteiger partial charge in [0, 0.05) is 0 Å². The maximum atomic E-state index is 15.3. The van der Waals surface area contributed by atoms with Crippen LogP contribution in [0.1, 0.15) is 325 Å². The molecule has 4 nitrogen and oxygen atoms in total. The van der Waals surface area contributed by atoms with Gasteiger partial charge in [-0.15, -0.1) is 0 Å². The quantitative estimate of drug-likeness (QED) is 0.0264. The Labute approximate surface area is 394 Å². The monoisotopic (exact) mass is 915 g/mol. The van der Waals surface area contributed by atoms with E-state index in [4.69, 9.17) is 11.7 Å². The first-order valence-corrected chi connectivity index (χ1v) is 33.0. The van der Waals surface area contributed by atoms with Gasteiger partial charge in [0.2, 0.25) is 0 Å². The molecule has 0 N–H and O–H groups in total. The van der Waals surface area contributed by atoms with Crippen molar-refractivity contribution in [2.24, 2.45) is 17.8 Å². The van der Waals surface area contributed by atoms with Gasteiger partial charge in [0.05, 0.1) is 0 Å². The Morgan fingerprint density at radius 1 is 0.290 bits per heavy atom. The average Bonchev–Trinajstić information content (AvgIpc) is 3.22. The molecule has 62 heavy (non-hydrogen) atoms. The van der Waals surface area contributed by atoms with E-state index in [-0.39, 0.29) is 6.10 Å². The van der Waals surface area contributed by atoms with Crippen molar-refractivity contribution in [2.75, 3.05) is 6.61 Å². The van der Waals surface area contributed by atoms with Gasteiger partial charge in [-0.2, -0.15) is 0 Å². The molecule has 0 aliphatic carbocycles. The van der Waals surface area contributed by atoms with E-state index in [1.165, 1.54) is 231 Å². The fourth-order valence-electron chi connectivity index (χ4n) is 9.41. The molecule has 0 aromatic heterocycles. The van der Waals surface area contributed by atoms with E-state index in [1.807, 2.05) is 13.8 Å². The first-order chi connectivity index (χ1) is 30.0. The molecule has 0 saturated heterocycles. The second-order valence-electron chi connectivity index (χ2n) is 22.3. The topological polar surface area (TPSA) is 44.8 Å². The van der Waals surface area contributed by atoms with Crippen LogP contribution in [-0.4, -0.2) is 12.7 Å². The summed E-state index contributed by atoms with van der Waals surface area (Å²) in [6.07, 6.45) is 55.7. The third-order valence-corrected chi connectivity index (χ3v) is 19.8. The molecule has 5 heteroatoms. The van der Waals surface area contributed by atoms with Crippen molar-refractivity contribution in [3.05, 3.63) is 0 Å². The van der Waals surface area contributed by atoms with Crippen molar-refractivity contribution in [2.45, 2.75) is 341 Å². The van der Waals surface area contributed by atoms with E-state index >= 15 is 3.32 Å². The normalized spacial score (nSPS) is 12.7. The van der Waals surface area contributed by atoms with Gasteiger partial charge in [-0.05, 0) is 17.8 Å². The van der Waals surface area contributed by atoms with Crippen molar-refractivity contribution in [3.8, 4) is 0 Å². The molecular weight excluding hydrogens is 796 g/mol. The second-order valence-corrected chi connectivity index (χ2v) is 28.8. The third kappa shape index (κ3) is 45.5. The Balaban J connectivity index is 4.66. The van der Waals surface area contributed by atoms with Gasteiger partial charge in [0.1, 0.15) is 0 Å². The van der Waals surface area contributed by atoms with Crippen LogP contribution in [0.15, 0.2) is 0 Å². The molecule has 0 radical (unpaired) electrons. The molecule has 0 aliphatic rings. The molecule has 0 unspecified atom stereocenters. The van der Waals surface area contributed by atoms with Gasteiger partial charge in [-0.1, -0.05) is 106 Å². The molecule has 374 valence electrons. The minimum atomic E-state index is -5.03. The Morgan fingerprint density at radius 2 is 0.500 bits per heavy atom. The van der Waals surface area contributed by atoms with Crippen LogP contribution < -0.4 is 0 Å². The van der Waals surface area contributed by atoms with Crippen molar-refractivity contribution >= 4 is 0 Å². The van der Waals surface area contributed by atoms with Gasteiger partial charge >= 0.3 is 273 Å². The van der Waals surface area contributed by atoms with Crippen molar-refractivity contribution in [1.82, 2.24) is 0 Å². The molecule has 0 fully saturated rings. The number of unbranched alkanes of at least 4 members (excludes halogenated alkanes) is 36. The second kappa shape index (κ2) is 45.2. The first-order valence-electron chi connectivity index (χ1n) is 28.9. The zero-order chi connectivity index (χ0) is 45.7. The van der Waals surface area contributed by atoms with Crippen LogP contribution >= 0.6 is 0 Å². The molecule has 0 aliphatic heterocycles. The van der Waals surface area contributed by atoms with E-state index in [1.54, 1.807) is 0 Å². The molecule has 0 heterocycles. The number of hydrogen-bond acceptors (Lipinski definition) is 4. The summed E-state index contributed by atoms with van der Waals surface area (Å²) in [6.45, 7) is 18.6. The van der Waals surface area contributed by atoms with Gasteiger partial charge < -0.3 is 0 Å². The minimum absolute atomic E-state index is 0.125. The number of hydrogen-bond donors (Lipinski definition) is 0. The van der Waals surface area contributed by atoms with Crippen LogP contribution in [0.5, 0.6) is 0 Å². The molecule has 0 saturated carbocycles. The predicted molar refractivity (Wildman–Crippen MR) is 272 cm³/mol. The van der Waals surface area contributed by atoms with Crippen molar-refractivity contribution < 1.29 is 31.1 Å². The van der Waals surface area contributed by atoms with E-state index in [0.717, 1.165) is 56.3 Å². The van der Waals surface area contributed by atoms with Gasteiger partial charge in [-0.3, -0.25) is 0 Å². The van der Waals surface area contributed by atoms with Crippen LogP contribution in [-0.2, 0) is 31.1 Å². The molecule has 0 aromatic carbocycles. The number of rotatable bonds is 52. The predicted octanol–water partition coefficient (Wildman–Crippen LogP) is 21.4. The van der Waals surface area contributed by atoms with Gasteiger partial charge in [0.25, 0.3) is 0 Å². The Bertz CT molecular complexity index is 903. The van der Waals surface area contributed by atoms with Gasteiger partial charge in [-0.25, -0.2) is 0 Å². The van der Waals surface area contributed by atoms with Crippen LogP contribution in [0.3, 0.4) is 0 Å². The van der Waals surface area contributed by atoms with Crippen LogP contribution in [0.25, 0.3) is 0 Å². The van der Waals surface area contributed by atoms with Crippen molar-refractivity contribution in [1.29, 1.82) is 0 Å². The SMILES string of the molecule is CC(C)CCCCCCCCCCCCCCC[O][Ti](=[O])([CH2]CCCCCCCCCCCCCCC(C)C)([CH2]CCCCCCCCCCCCCCC(C)C)[O]OC(C)C. The summed E-state index contributed by atoms with van der Waals surface area (Å²) in [5.41, 5.74) is 0. The van der Waals surface area contributed by atoms with Crippen LogP contribution in [0.4, 0.5) is 0 Å². The van der Waals surface area contributed by atoms with Gasteiger partial charge in [0.15, 0.2) is 0 Å². The first kappa shape index (κ1) is 62.4. The fourth-order valence-corrected chi connectivity index (χ4v) is 15.1. The maximum absolute atomic E-state index is 15.3. The summed E-state index contributed by atoms with van der Waals surface area (Å²) >= 11 is -5.03. The summed E-state index contributed by atoms with van der Waals surface area (Å²) in [7, 11) is 0. The molecule has 0 amide bonds.